The molecule has 16 nitrogen and oxygen atoms in total. The summed E-state index contributed by atoms with van der Waals surface area (Å²) in [6, 6.07) is 15.0. The third-order valence-corrected chi connectivity index (χ3v) is 35.3. The number of benzene rings is 3. The highest BCUT2D eigenvalue weighted by Crippen LogP contribution is 2.62. The van der Waals surface area contributed by atoms with E-state index in [-0.39, 0.29) is 81.2 Å². The van der Waals surface area contributed by atoms with E-state index < -0.39 is 0 Å². The number of aromatic hydroxyl groups is 3. The molecule has 8 fully saturated rings. The lowest BCUT2D eigenvalue weighted by atomic mass is 9.69. The number of ether oxygens (including phenoxy) is 3. The maximum atomic E-state index is 13.5. The van der Waals surface area contributed by atoms with Crippen LogP contribution in [0.3, 0.4) is 0 Å². The van der Waals surface area contributed by atoms with Gasteiger partial charge in [0.25, 0.3) is 17.1 Å². The number of phenols is 3. The quantitative estimate of drug-likeness (QED) is 0.0320. The molecule has 3 heterocycles. The Balaban J connectivity index is 0.000000165. The van der Waals surface area contributed by atoms with Crippen LogP contribution in [0, 0.1) is 148 Å². The van der Waals surface area contributed by atoms with Crippen molar-refractivity contribution in [3.8, 4) is 52.7 Å². The van der Waals surface area contributed by atoms with Gasteiger partial charge < -0.3 is 29.5 Å². The number of carbonyl (C=O) groups is 4. The maximum absolute atomic E-state index is 13.5. The first-order valence-corrected chi connectivity index (χ1v) is 47.1. The lowest BCUT2D eigenvalue weighted by molar-refractivity contribution is -0.141. The van der Waals surface area contributed by atoms with Gasteiger partial charge in [0.05, 0.1) is 97.8 Å². The fourth-order valence-corrected chi connectivity index (χ4v) is 27.4. The Morgan fingerprint density at radius 1 is 0.345 bits per heavy atom. The van der Waals surface area contributed by atoms with Gasteiger partial charge in [0.2, 0.25) is 5.24 Å². The first-order chi connectivity index (χ1) is 54.8. The van der Waals surface area contributed by atoms with E-state index in [4.69, 9.17) is 56.1 Å². The van der Waals surface area contributed by atoms with Crippen LogP contribution in [0.5, 0.6) is 34.5 Å². The number of nitriles is 3. The monoisotopic (exact) mass is 1660 g/mol. The lowest BCUT2D eigenvalue weighted by Crippen LogP contribution is -2.30. The predicted molar refractivity (Wildman–Crippen MR) is 450 cm³/mol. The predicted octanol–water partition coefficient (Wildman–Crippen LogP) is 26.2. The van der Waals surface area contributed by atoms with E-state index in [2.05, 4.69) is 42.2 Å². The summed E-state index contributed by atoms with van der Waals surface area (Å²) in [5, 5.41) is 56.8. The third kappa shape index (κ3) is 22.5. The summed E-state index contributed by atoms with van der Waals surface area (Å²) in [6.45, 7) is 30.7. The smallest absolute Gasteiger partial charge is 0.314 e. The number of hydrogen-bond donors (Lipinski definition) is 3. The number of thioether (sulfide) groups is 6. The molecule has 8 saturated carbocycles. The Kier molecular flexibility index (Phi) is 33.1. The number of hydrogen-bond acceptors (Lipinski definition) is 19. The van der Waals surface area contributed by atoms with Crippen LogP contribution in [-0.2, 0) is 19.2 Å². The lowest BCUT2D eigenvalue weighted by Gasteiger charge is -2.37. The van der Waals surface area contributed by atoms with Gasteiger partial charge in [-0.05, 0) is 273 Å². The van der Waals surface area contributed by atoms with Gasteiger partial charge in [0.15, 0.2) is 0 Å². The Morgan fingerprint density at radius 2 is 0.540 bits per heavy atom. The highest BCUT2D eigenvalue weighted by atomic mass is 35.5. The topological polar surface area (TPSA) is 241 Å². The molecule has 0 amide bonds. The molecule has 602 valence electrons. The minimum Gasteiger partial charge on any atom is -0.507 e. The molecule has 3 aromatic carbocycles. The van der Waals surface area contributed by atoms with Crippen LogP contribution in [-0.4, -0.2) is 38.5 Å². The number of rotatable bonds is 15. The zero-order valence-electron chi connectivity index (χ0n) is 65.9. The molecule has 8 aliphatic carbocycles. The molecule has 3 aliphatic heterocycles. The summed E-state index contributed by atoms with van der Waals surface area (Å²) in [7, 11) is 0. The Morgan fingerprint density at radius 3 is 0.761 bits per heavy atom. The average molecular weight is 1660 g/mol. The minimum absolute atomic E-state index is 0.00617. The Labute approximate surface area is 700 Å². The zero-order valence-corrected chi connectivity index (χ0v) is 71.5. The summed E-state index contributed by atoms with van der Waals surface area (Å²) < 4.78 is 19.4. The summed E-state index contributed by atoms with van der Waals surface area (Å²) in [5.41, 5.74) is -0.0440. The molecule has 11 aliphatic rings. The van der Waals surface area contributed by atoms with E-state index in [0.717, 1.165) is 184 Å². The van der Waals surface area contributed by atoms with Crippen molar-refractivity contribution in [1.29, 1.82) is 15.8 Å². The normalized spacial score (nSPS) is 29.4. The summed E-state index contributed by atoms with van der Waals surface area (Å²) in [6.07, 6.45) is 43.5. The van der Waals surface area contributed by atoms with Crippen LogP contribution in [0.15, 0.2) is 95.6 Å². The van der Waals surface area contributed by atoms with Crippen molar-refractivity contribution in [2.45, 2.75) is 288 Å². The number of nitrogens with zero attached hydrogens (tertiary/aromatic N) is 6. The fraction of sp³-hybridized carbons (Fsp3) is 0.622. The largest absolute Gasteiger partial charge is 0.507 e. The molecule has 3 aromatic rings. The van der Waals surface area contributed by atoms with Gasteiger partial charge >= 0.3 is 17.9 Å². The number of phenolic OH excluding ortho intramolecular Hbond substituents is 3. The molecule has 0 saturated heterocycles. The van der Waals surface area contributed by atoms with E-state index in [9.17, 15) is 39.8 Å². The van der Waals surface area contributed by atoms with E-state index in [1.165, 1.54) is 207 Å². The first kappa shape index (κ1) is 87.5. The number of allylic oxidation sites excluding steroid dienone is 3. The maximum Gasteiger partial charge on any atom is 0.314 e. The number of halogens is 1. The molecule has 3 N–H and O–H groups in total. The molecule has 0 atom stereocenters. The Bertz CT molecular complexity index is 4080. The summed E-state index contributed by atoms with van der Waals surface area (Å²) >= 11 is 12.8. The number of carbonyl (C=O) groups excluding carboxylic acids is 4. The van der Waals surface area contributed by atoms with E-state index >= 15 is 0 Å². The SMILES string of the molecule is CCC1CCC(C2CCC(C(=O)Cl)CC2)CC1.[C-]#[N+]/C(C#N)=C1\Sc2c(O)ccc(OC(=O)C3CCC(C4CCC(CC)CC4)CC3)c2S1.[C-]#[N+]C(C#N)=C1Sc2c(O)ccc(O)c2S1.[C-]#[N+]C(C#N)=C1Sc2c(OC(=O)C3CCC(C4CCC(CC)CC4)CC3)ccc(OC(=O)C3CCC(C4CCC(CC)CC4)CC3)c2S1. The van der Waals surface area contributed by atoms with Crippen LogP contribution in [0.4, 0.5) is 0 Å². The molecule has 0 radical (unpaired) electrons. The molecule has 113 heavy (non-hydrogen) atoms. The third-order valence-electron chi connectivity index (χ3n) is 27.1. The molecular weight excluding hydrogens is 1550 g/mol. The number of esters is 3. The van der Waals surface area contributed by atoms with Gasteiger partial charge in [-0.15, -0.1) is 0 Å². The summed E-state index contributed by atoms with van der Waals surface area (Å²) in [4.78, 5) is 64.2. The van der Waals surface area contributed by atoms with Gasteiger partial charge in [-0.1, -0.05) is 175 Å². The standard InChI is InChI=1S/C40H52N2O4S2.C25H28N2O3S2.C15H25ClO.C10H4N2O2S2/c1-4-25-6-10-27(11-7-25)29-14-18-31(19-15-29)38(43)45-34-22-23-35(37-36(34)47-40(48-37)33(24-41)42-3)46-39(44)32-20-16-30(17-21-32)28-12-8-26(5-2)9-13-28;1-3-15-4-6-16(7-5-15)17-8-10-18(11-9-17)24(29)30-21-13-12-20(28)22-23(21)32-25(31-22)19(14-26)27-2;1-2-11-3-5-12(6-4-11)13-7-9-14(10-8-13)15(16)17;1-12-5(4-11)10-15-8-6(13)2-3-7(14)9(8)16-10/h22-23,25-32H,4-21H2,1-2H3;12-13,15-18,28H,3-11H2,1H3;11-14H,2-10H2,1H3;2-3,13-14H/b;25-19+;;. The van der Waals surface area contributed by atoms with Crippen molar-refractivity contribution in [3.63, 3.8) is 0 Å². The van der Waals surface area contributed by atoms with Crippen molar-refractivity contribution in [2.24, 2.45) is 94.7 Å². The highest BCUT2D eigenvalue weighted by molar-refractivity contribution is 8.25. The van der Waals surface area contributed by atoms with Crippen molar-refractivity contribution >= 4 is 105 Å². The van der Waals surface area contributed by atoms with Crippen molar-refractivity contribution in [1.82, 2.24) is 0 Å². The molecule has 23 heteroatoms. The van der Waals surface area contributed by atoms with Crippen molar-refractivity contribution in [3.05, 3.63) is 100 Å². The van der Waals surface area contributed by atoms with E-state index in [1.54, 1.807) is 24.3 Å². The fourth-order valence-electron chi connectivity index (χ4n) is 19.8. The van der Waals surface area contributed by atoms with E-state index in [0.29, 0.717) is 59.3 Å². The van der Waals surface area contributed by atoms with Crippen LogP contribution in [0.2, 0.25) is 0 Å². The van der Waals surface area contributed by atoms with Crippen LogP contribution in [0.1, 0.15) is 259 Å². The van der Waals surface area contributed by atoms with Gasteiger partial charge in [-0.25, -0.2) is 30.3 Å². The second-order valence-corrected chi connectivity index (χ2v) is 40.5. The molecular formula is C90H109ClN6O10S6. The molecule has 0 aromatic heterocycles. The molecule has 0 spiro atoms. The molecule has 0 bridgehead atoms. The second kappa shape index (κ2) is 42.7. The highest BCUT2D eigenvalue weighted by Gasteiger charge is 2.41. The zero-order chi connectivity index (χ0) is 80.2. The second-order valence-electron chi connectivity index (χ2n) is 33.2. The van der Waals surface area contributed by atoms with Crippen molar-refractivity contribution < 1.29 is 48.7 Å². The minimum atomic E-state index is -0.209. The van der Waals surface area contributed by atoms with Gasteiger partial charge in [0, 0.05) is 5.92 Å². The van der Waals surface area contributed by atoms with Crippen LogP contribution >= 0.6 is 82.2 Å². The molecule has 14 rings (SSSR count). The average Bonchev–Trinajstić information content (AvgIpc) is 1.57. The molecule has 0 unspecified atom stereocenters. The van der Waals surface area contributed by atoms with Gasteiger partial charge in [-0.3, -0.25) is 19.2 Å². The van der Waals surface area contributed by atoms with Crippen LogP contribution < -0.4 is 14.2 Å². The summed E-state index contributed by atoms with van der Waals surface area (Å²) in [5.74, 6) is 10.8. The van der Waals surface area contributed by atoms with Crippen molar-refractivity contribution in [2.75, 3.05) is 0 Å². The van der Waals surface area contributed by atoms with Gasteiger partial charge in [0.1, 0.15) is 34.5 Å². The Hall–Kier alpha value is -6.31. The number of fused-ring (bicyclic) bond motifs is 3. The first-order valence-electron chi connectivity index (χ1n) is 41.9. The van der Waals surface area contributed by atoms with E-state index in [1.807, 2.05) is 12.1 Å². The van der Waals surface area contributed by atoms with Gasteiger partial charge in [-0.2, -0.15) is 0 Å². The van der Waals surface area contributed by atoms with Crippen LogP contribution in [0.25, 0.3) is 14.5 Å².